The Morgan fingerprint density at radius 1 is 1.35 bits per heavy atom. The third kappa shape index (κ3) is 6.75. The Bertz CT molecular complexity index is 446. The first kappa shape index (κ1) is 16.0. The average molecular weight is 280 g/mol. The third-order valence-corrected chi connectivity index (χ3v) is 2.62. The zero-order chi connectivity index (χ0) is 15.0. The smallest absolute Gasteiger partial charge is 0.317 e. The Balaban J connectivity index is 2.32. The predicted molar refractivity (Wildman–Crippen MR) is 74.6 cm³/mol. The predicted octanol–water partition coefficient (Wildman–Crippen LogP) is 0.636. The molecule has 1 rings (SSSR count). The molecule has 6 heteroatoms. The van der Waals surface area contributed by atoms with E-state index >= 15 is 0 Å². The highest BCUT2D eigenvalue weighted by molar-refractivity contribution is 5.77. The van der Waals surface area contributed by atoms with Gasteiger partial charge in [-0.1, -0.05) is 12.1 Å². The third-order valence-electron chi connectivity index (χ3n) is 2.62. The fraction of sp³-hybridized carbons (Fsp3) is 0.429. The van der Waals surface area contributed by atoms with Gasteiger partial charge in [-0.3, -0.25) is 14.5 Å². The van der Waals surface area contributed by atoms with Gasteiger partial charge in [0.25, 0.3) is 0 Å². The van der Waals surface area contributed by atoms with Crippen molar-refractivity contribution in [2.24, 2.45) is 5.73 Å². The molecule has 1 aromatic rings. The number of rotatable bonds is 9. The summed E-state index contributed by atoms with van der Waals surface area (Å²) < 4.78 is 5.56. The van der Waals surface area contributed by atoms with Crippen LogP contribution in [-0.2, 0) is 9.59 Å². The molecule has 0 aliphatic heterocycles. The molecule has 3 N–H and O–H groups in total. The summed E-state index contributed by atoms with van der Waals surface area (Å²) in [5, 5.41) is 8.74. The number of carboxylic acids is 1. The van der Waals surface area contributed by atoms with Gasteiger partial charge in [0, 0.05) is 6.54 Å². The first-order chi connectivity index (χ1) is 9.47. The van der Waals surface area contributed by atoms with Crippen molar-refractivity contribution in [3.05, 3.63) is 29.8 Å². The SMILES string of the molecule is Cc1cccc(OCCCN(CC(N)=O)CC(=O)O)c1. The van der Waals surface area contributed by atoms with Crippen LogP contribution in [0.15, 0.2) is 24.3 Å². The van der Waals surface area contributed by atoms with Gasteiger partial charge in [-0.05, 0) is 31.0 Å². The van der Waals surface area contributed by atoms with Crippen LogP contribution in [0.25, 0.3) is 0 Å². The molecule has 0 aliphatic rings. The van der Waals surface area contributed by atoms with E-state index < -0.39 is 11.9 Å². The summed E-state index contributed by atoms with van der Waals surface area (Å²) in [6.45, 7) is 2.62. The summed E-state index contributed by atoms with van der Waals surface area (Å²) in [5.74, 6) is -0.735. The minimum absolute atomic E-state index is 0.0588. The summed E-state index contributed by atoms with van der Waals surface area (Å²) >= 11 is 0. The number of carbonyl (C=O) groups is 2. The monoisotopic (exact) mass is 280 g/mol. The Labute approximate surface area is 118 Å². The highest BCUT2D eigenvalue weighted by Gasteiger charge is 2.11. The number of amides is 1. The van der Waals surface area contributed by atoms with Gasteiger partial charge in [-0.25, -0.2) is 0 Å². The maximum Gasteiger partial charge on any atom is 0.317 e. The molecular formula is C14H20N2O4. The second-order valence-corrected chi connectivity index (χ2v) is 4.59. The van der Waals surface area contributed by atoms with E-state index in [-0.39, 0.29) is 13.1 Å². The summed E-state index contributed by atoms with van der Waals surface area (Å²) in [6, 6.07) is 7.69. The molecule has 0 bridgehead atoms. The second kappa shape index (κ2) is 8.16. The van der Waals surface area contributed by atoms with Crippen LogP contribution in [-0.4, -0.2) is 48.1 Å². The van der Waals surface area contributed by atoms with Gasteiger partial charge in [0.15, 0.2) is 0 Å². The number of nitrogens with two attached hydrogens (primary N) is 1. The molecule has 0 spiro atoms. The van der Waals surface area contributed by atoms with Crippen molar-refractivity contribution in [2.45, 2.75) is 13.3 Å². The zero-order valence-electron chi connectivity index (χ0n) is 11.5. The topological polar surface area (TPSA) is 92.9 Å². The van der Waals surface area contributed by atoms with E-state index in [0.29, 0.717) is 19.6 Å². The first-order valence-corrected chi connectivity index (χ1v) is 6.39. The molecule has 0 heterocycles. The van der Waals surface area contributed by atoms with Crippen LogP contribution in [0, 0.1) is 6.92 Å². The van der Waals surface area contributed by atoms with Crippen molar-refractivity contribution < 1.29 is 19.4 Å². The normalized spacial score (nSPS) is 10.5. The number of ether oxygens (including phenoxy) is 1. The molecule has 6 nitrogen and oxygen atoms in total. The molecular weight excluding hydrogens is 260 g/mol. The largest absolute Gasteiger partial charge is 0.494 e. The van der Waals surface area contributed by atoms with Gasteiger partial charge in [-0.2, -0.15) is 0 Å². The van der Waals surface area contributed by atoms with Crippen LogP contribution in [0.4, 0.5) is 0 Å². The van der Waals surface area contributed by atoms with E-state index in [1.165, 1.54) is 4.90 Å². The highest BCUT2D eigenvalue weighted by Crippen LogP contribution is 2.12. The second-order valence-electron chi connectivity index (χ2n) is 4.59. The van der Waals surface area contributed by atoms with Crippen LogP contribution in [0.3, 0.4) is 0 Å². The standard InChI is InChI=1S/C14H20N2O4/c1-11-4-2-5-12(8-11)20-7-3-6-16(9-13(15)17)10-14(18)19/h2,4-5,8H,3,6-7,9-10H2,1H3,(H2,15,17)(H,18,19). The van der Waals surface area contributed by atoms with Crippen molar-refractivity contribution >= 4 is 11.9 Å². The summed E-state index contributed by atoms with van der Waals surface area (Å²) in [5.41, 5.74) is 6.19. The van der Waals surface area contributed by atoms with Gasteiger partial charge in [0.1, 0.15) is 5.75 Å². The zero-order valence-corrected chi connectivity index (χ0v) is 11.5. The summed E-state index contributed by atoms with van der Waals surface area (Å²) in [6.07, 6.45) is 0.620. The van der Waals surface area contributed by atoms with Crippen LogP contribution >= 0.6 is 0 Å². The Morgan fingerprint density at radius 2 is 2.10 bits per heavy atom. The van der Waals surface area contributed by atoms with Crippen molar-refractivity contribution in [1.29, 1.82) is 0 Å². The van der Waals surface area contributed by atoms with E-state index in [9.17, 15) is 9.59 Å². The highest BCUT2D eigenvalue weighted by atomic mass is 16.5. The average Bonchev–Trinajstić information content (AvgIpc) is 2.33. The molecule has 0 saturated carbocycles. The quantitative estimate of drug-likeness (QED) is 0.647. The van der Waals surface area contributed by atoms with Gasteiger partial charge in [0.05, 0.1) is 19.7 Å². The molecule has 0 radical (unpaired) electrons. The van der Waals surface area contributed by atoms with E-state index in [0.717, 1.165) is 11.3 Å². The van der Waals surface area contributed by atoms with Crippen molar-refractivity contribution in [2.75, 3.05) is 26.2 Å². The van der Waals surface area contributed by atoms with Gasteiger partial charge >= 0.3 is 5.97 Å². The maximum absolute atomic E-state index is 10.8. The summed E-state index contributed by atoms with van der Waals surface area (Å²) in [7, 11) is 0. The number of carboxylic acid groups (broad SMARTS) is 1. The molecule has 0 atom stereocenters. The molecule has 0 saturated heterocycles. The van der Waals surface area contributed by atoms with Crippen molar-refractivity contribution in [3.63, 3.8) is 0 Å². The minimum Gasteiger partial charge on any atom is -0.494 e. The van der Waals surface area contributed by atoms with E-state index in [1.807, 2.05) is 31.2 Å². The lowest BCUT2D eigenvalue weighted by atomic mass is 10.2. The number of primary amides is 1. The van der Waals surface area contributed by atoms with Crippen LogP contribution in [0.1, 0.15) is 12.0 Å². The molecule has 110 valence electrons. The molecule has 0 unspecified atom stereocenters. The van der Waals surface area contributed by atoms with E-state index in [2.05, 4.69) is 0 Å². The molecule has 0 aliphatic carbocycles. The molecule has 1 aromatic carbocycles. The summed E-state index contributed by atoms with van der Waals surface area (Å²) in [4.78, 5) is 23.0. The van der Waals surface area contributed by atoms with E-state index in [1.54, 1.807) is 0 Å². The number of nitrogens with zero attached hydrogens (tertiary/aromatic N) is 1. The Morgan fingerprint density at radius 3 is 2.70 bits per heavy atom. The van der Waals surface area contributed by atoms with E-state index in [4.69, 9.17) is 15.6 Å². The van der Waals surface area contributed by atoms with Gasteiger partial charge in [-0.15, -0.1) is 0 Å². The number of carbonyl (C=O) groups excluding carboxylic acids is 1. The van der Waals surface area contributed by atoms with Crippen molar-refractivity contribution in [1.82, 2.24) is 4.90 Å². The minimum atomic E-state index is -0.981. The molecule has 0 fully saturated rings. The first-order valence-electron chi connectivity index (χ1n) is 6.39. The maximum atomic E-state index is 10.8. The molecule has 1 amide bonds. The molecule has 0 aromatic heterocycles. The van der Waals surface area contributed by atoms with Crippen LogP contribution < -0.4 is 10.5 Å². The fourth-order valence-electron chi connectivity index (χ4n) is 1.81. The fourth-order valence-corrected chi connectivity index (χ4v) is 1.81. The Kier molecular flexibility index (Phi) is 6.52. The number of aliphatic carboxylic acids is 1. The lowest BCUT2D eigenvalue weighted by Gasteiger charge is -2.18. The lowest BCUT2D eigenvalue weighted by molar-refractivity contribution is -0.138. The number of hydrogen-bond donors (Lipinski definition) is 2. The Hall–Kier alpha value is -2.08. The lowest BCUT2D eigenvalue weighted by Crippen LogP contribution is -2.38. The van der Waals surface area contributed by atoms with Crippen molar-refractivity contribution in [3.8, 4) is 5.75 Å². The van der Waals surface area contributed by atoms with Gasteiger partial charge < -0.3 is 15.6 Å². The number of benzene rings is 1. The van der Waals surface area contributed by atoms with Gasteiger partial charge in [0.2, 0.25) is 5.91 Å². The van der Waals surface area contributed by atoms with Crippen LogP contribution in [0.2, 0.25) is 0 Å². The van der Waals surface area contributed by atoms with Crippen LogP contribution in [0.5, 0.6) is 5.75 Å². The number of hydrogen-bond acceptors (Lipinski definition) is 4. The number of aryl methyl sites for hydroxylation is 1. The molecule has 20 heavy (non-hydrogen) atoms.